The monoisotopic (exact) mass is 894 g/mol. The van der Waals surface area contributed by atoms with Crippen LogP contribution in [0.2, 0.25) is 0 Å². The predicted octanol–water partition coefficient (Wildman–Crippen LogP) is 6.22. The molecular weight excluding hydrogens is 827 g/mol. The molecule has 2 saturated heterocycles. The SMILES string of the molecule is CC(=O)Oc1ccc(C[N+]2(CC(=O)C[C@@H](CCc3ccccc3)C(=O)N[C@@H](CC(C)C)C(=O)C[C@@H](Cc3ccccc3)C(=O)N[C@@H](CC(C)C)C(=O)[C@@]3(C)CO3)CCOCC2)cc1C=O. The van der Waals surface area contributed by atoms with Crippen LogP contribution in [0.5, 0.6) is 5.75 Å². The molecule has 0 bridgehead atoms. The molecule has 2 fully saturated rings. The van der Waals surface area contributed by atoms with Crippen LogP contribution in [-0.4, -0.2) is 103 Å². The molecule has 0 radical (unpaired) electrons. The molecule has 5 atom stereocenters. The van der Waals surface area contributed by atoms with E-state index in [0.717, 1.165) is 16.7 Å². The third kappa shape index (κ3) is 15.6. The van der Waals surface area contributed by atoms with E-state index in [2.05, 4.69) is 10.6 Å². The molecule has 65 heavy (non-hydrogen) atoms. The van der Waals surface area contributed by atoms with Crippen LogP contribution in [0, 0.1) is 23.7 Å². The van der Waals surface area contributed by atoms with E-state index in [0.29, 0.717) is 75.9 Å². The number of carbonyl (C=O) groups excluding carboxylic acids is 7. The number of aryl methyl sites for hydroxylation is 1. The molecule has 3 aromatic carbocycles. The smallest absolute Gasteiger partial charge is 0.308 e. The lowest BCUT2D eigenvalue weighted by Crippen LogP contribution is -2.57. The van der Waals surface area contributed by atoms with Crippen molar-refractivity contribution in [1.82, 2.24) is 10.6 Å². The van der Waals surface area contributed by atoms with Gasteiger partial charge >= 0.3 is 5.97 Å². The Morgan fingerprint density at radius 1 is 0.769 bits per heavy atom. The Morgan fingerprint density at radius 3 is 1.94 bits per heavy atom. The number of morpholine rings is 1. The van der Waals surface area contributed by atoms with E-state index < -0.39 is 47.3 Å². The number of hydrogen-bond acceptors (Lipinski definition) is 10. The summed E-state index contributed by atoms with van der Waals surface area (Å²) < 4.78 is 16.7. The van der Waals surface area contributed by atoms with E-state index in [1.807, 2.05) is 88.4 Å². The molecule has 2 heterocycles. The largest absolute Gasteiger partial charge is 0.426 e. The van der Waals surface area contributed by atoms with Gasteiger partial charge in [-0.15, -0.1) is 0 Å². The standard InChI is InChI=1S/C52H67N3O10/c1-35(2)25-45(47(59)30-42(27-39-15-11-8-12-16-39)51(62)54-46(26-36(3)4)49(60)52(6)34-64-52)53-50(61)41(19-17-38-13-9-7-10-14-38)29-44(58)32-55(21-23-63-24-22-55)31-40-18-20-48(65-37(5)57)43(28-40)33-56/h7-16,18,20,28,33,35-36,41-42,45-46H,17,19,21-27,29-32,34H2,1-6H3,(H-,53,54,61,62)/p+1/t41-,42-,45+,46+,52-/m1/s1. The number of carbonyl (C=O) groups is 7. The number of aldehydes is 1. The van der Waals surface area contributed by atoms with Gasteiger partial charge in [-0.3, -0.25) is 33.6 Å². The van der Waals surface area contributed by atoms with Crippen molar-refractivity contribution in [3.05, 3.63) is 101 Å². The predicted molar refractivity (Wildman–Crippen MR) is 246 cm³/mol. The summed E-state index contributed by atoms with van der Waals surface area (Å²) in [5.74, 6) is -3.24. The van der Waals surface area contributed by atoms with Crippen molar-refractivity contribution >= 4 is 41.4 Å². The van der Waals surface area contributed by atoms with E-state index in [9.17, 15) is 33.6 Å². The number of hydrogen-bond donors (Lipinski definition) is 2. The first-order valence-electron chi connectivity index (χ1n) is 23.1. The number of ketones is 3. The Balaban J connectivity index is 1.36. The molecule has 0 saturated carbocycles. The minimum atomic E-state index is -0.936. The third-order valence-electron chi connectivity index (χ3n) is 12.4. The van der Waals surface area contributed by atoms with E-state index in [4.69, 9.17) is 14.2 Å². The summed E-state index contributed by atoms with van der Waals surface area (Å²) in [6, 6.07) is 22.5. The van der Waals surface area contributed by atoms with Gasteiger partial charge in [-0.05, 0) is 80.2 Å². The number of amides is 2. The molecule has 350 valence electrons. The Hall–Kier alpha value is -5.37. The molecule has 2 aliphatic rings. The Morgan fingerprint density at radius 2 is 1.35 bits per heavy atom. The van der Waals surface area contributed by atoms with Crippen molar-refractivity contribution in [2.24, 2.45) is 23.7 Å². The van der Waals surface area contributed by atoms with E-state index >= 15 is 0 Å². The fourth-order valence-electron chi connectivity index (χ4n) is 8.74. The molecule has 0 unspecified atom stereocenters. The summed E-state index contributed by atoms with van der Waals surface area (Å²) in [5, 5.41) is 6.05. The number of benzene rings is 3. The Labute approximate surface area is 383 Å². The zero-order valence-corrected chi connectivity index (χ0v) is 39.0. The Kier molecular flexibility index (Phi) is 18.5. The van der Waals surface area contributed by atoms with Crippen LogP contribution in [0.1, 0.15) is 101 Å². The van der Waals surface area contributed by atoms with Gasteiger partial charge in [0.05, 0.1) is 37.5 Å². The first kappa shape index (κ1) is 50.6. The highest BCUT2D eigenvalue weighted by Crippen LogP contribution is 2.30. The molecule has 13 nitrogen and oxygen atoms in total. The lowest BCUT2D eigenvalue weighted by molar-refractivity contribution is -0.940. The van der Waals surface area contributed by atoms with Gasteiger partial charge in [0, 0.05) is 37.2 Å². The van der Waals surface area contributed by atoms with Gasteiger partial charge in [-0.25, -0.2) is 0 Å². The summed E-state index contributed by atoms with van der Waals surface area (Å²) in [6.45, 7) is 13.7. The zero-order chi connectivity index (χ0) is 47.1. The van der Waals surface area contributed by atoms with Gasteiger partial charge in [0.25, 0.3) is 0 Å². The van der Waals surface area contributed by atoms with Crippen molar-refractivity contribution in [2.45, 2.75) is 111 Å². The quantitative estimate of drug-likeness (QED) is 0.0310. The fourth-order valence-corrected chi connectivity index (χ4v) is 8.74. The second-order valence-electron chi connectivity index (χ2n) is 19.1. The van der Waals surface area contributed by atoms with Crippen LogP contribution in [0.4, 0.5) is 0 Å². The molecule has 2 amide bonds. The van der Waals surface area contributed by atoms with E-state index in [1.165, 1.54) is 6.92 Å². The Bertz CT molecular complexity index is 2110. The minimum Gasteiger partial charge on any atom is -0.426 e. The highest BCUT2D eigenvalue weighted by molar-refractivity contribution is 5.98. The summed E-state index contributed by atoms with van der Waals surface area (Å²) in [4.78, 5) is 94.6. The van der Waals surface area contributed by atoms with Crippen LogP contribution in [0.3, 0.4) is 0 Å². The van der Waals surface area contributed by atoms with Crippen LogP contribution in [-0.2, 0) is 57.6 Å². The van der Waals surface area contributed by atoms with Gasteiger partial charge in [-0.1, -0.05) is 88.4 Å². The maximum atomic E-state index is 14.5. The molecule has 13 heteroatoms. The molecule has 0 spiro atoms. The normalized spacial score (nSPS) is 18.5. The summed E-state index contributed by atoms with van der Waals surface area (Å²) in [5.41, 5.74) is 1.96. The molecule has 0 aromatic heterocycles. The second-order valence-corrected chi connectivity index (χ2v) is 19.1. The number of Topliss-reactive ketones (excluding diaryl/α,β-unsaturated/α-hetero) is 3. The summed E-state index contributed by atoms with van der Waals surface area (Å²) in [6.07, 6.45) is 2.31. The van der Waals surface area contributed by atoms with Gasteiger partial charge in [0.15, 0.2) is 23.6 Å². The third-order valence-corrected chi connectivity index (χ3v) is 12.4. The summed E-state index contributed by atoms with van der Waals surface area (Å²) in [7, 11) is 0. The number of epoxide rings is 1. The average Bonchev–Trinajstić information content (AvgIpc) is 4.02. The summed E-state index contributed by atoms with van der Waals surface area (Å²) >= 11 is 0. The van der Waals surface area contributed by atoms with Crippen LogP contribution >= 0.6 is 0 Å². The number of rotatable bonds is 26. The highest BCUT2D eigenvalue weighted by Gasteiger charge is 2.50. The van der Waals surface area contributed by atoms with Crippen molar-refractivity contribution in [2.75, 3.05) is 39.5 Å². The van der Waals surface area contributed by atoms with Crippen molar-refractivity contribution in [3.8, 4) is 5.75 Å². The molecule has 0 aliphatic carbocycles. The van der Waals surface area contributed by atoms with Gasteiger partial charge < -0.3 is 29.3 Å². The van der Waals surface area contributed by atoms with Gasteiger partial charge in [0.1, 0.15) is 37.5 Å². The number of nitrogens with zero attached hydrogens (tertiary/aromatic N) is 1. The van der Waals surface area contributed by atoms with E-state index in [-0.39, 0.29) is 66.3 Å². The van der Waals surface area contributed by atoms with Crippen LogP contribution in [0.15, 0.2) is 78.9 Å². The number of nitrogens with one attached hydrogen (secondary N) is 2. The van der Waals surface area contributed by atoms with Crippen molar-refractivity contribution < 1.29 is 52.3 Å². The number of quaternary nitrogens is 1. The van der Waals surface area contributed by atoms with Gasteiger partial charge in [-0.2, -0.15) is 0 Å². The van der Waals surface area contributed by atoms with Gasteiger partial charge in [0.2, 0.25) is 11.8 Å². The second kappa shape index (κ2) is 23.7. The molecule has 2 N–H and O–H groups in total. The topological polar surface area (TPSA) is 175 Å². The van der Waals surface area contributed by atoms with E-state index in [1.54, 1.807) is 25.1 Å². The first-order valence-corrected chi connectivity index (χ1v) is 23.1. The average molecular weight is 895 g/mol. The lowest BCUT2D eigenvalue weighted by atomic mass is 9.87. The molecule has 3 aromatic rings. The molecular formula is C52H68N3O10+. The first-order chi connectivity index (χ1) is 31.0. The van der Waals surface area contributed by atoms with Crippen LogP contribution in [0.25, 0.3) is 0 Å². The highest BCUT2D eigenvalue weighted by atomic mass is 16.6. The number of ether oxygens (including phenoxy) is 3. The van der Waals surface area contributed by atoms with Crippen LogP contribution < -0.4 is 15.4 Å². The molecule has 2 aliphatic heterocycles. The van der Waals surface area contributed by atoms with Crippen molar-refractivity contribution in [1.29, 1.82) is 0 Å². The lowest BCUT2D eigenvalue weighted by Gasteiger charge is -2.41. The maximum absolute atomic E-state index is 14.5. The number of esters is 1. The maximum Gasteiger partial charge on any atom is 0.308 e. The fraction of sp³-hybridized carbons (Fsp3) is 0.519. The molecule has 5 rings (SSSR count). The zero-order valence-electron chi connectivity index (χ0n) is 39.0. The van der Waals surface area contributed by atoms with Crippen molar-refractivity contribution in [3.63, 3.8) is 0 Å². The minimum absolute atomic E-state index is 0.0101.